The Labute approximate surface area is 201 Å². The number of ketones is 1. The summed E-state index contributed by atoms with van der Waals surface area (Å²) in [5, 5.41) is 10.0. The molecule has 0 saturated carbocycles. The second-order valence-electron chi connectivity index (χ2n) is 7.46. The maximum absolute atomic E-state index is 12.7. The van der Waals surface area contributed by atoms with Crippen molar-refractivity contribution in [3.63, 3.8) is 0 Å². The summed E-state index contributed by atoms with van der Waals surface area (Å²) in [5.74, 6) is -1.41. The van der Waals surface area contributed by atoms with Crippen LogP contribution in [0.25, 0.3) is 0 Å². The van der Waals surface area contributed by atoms with E-state index in [2.05, 4.69) is 0 Å². The third kappa shape index (κ3) is 4.71. The summed E-state index contributed by atoms with van der Waals surface area (Å²) in [6.45, 7) is 0.592. The van der Waals surface area contributed by atoms with Gasteiger partial charge in [0.2, 0.25) is 15.8 Å². The molecule has 1 saturated heterocycles. The molecule has 1 fully saturated rings. The van der Waals surface area contributed by atoms with Crippen molar-refractivity contribution in [1.82, 2.24) is 4.31 Å². The van der Waals surface area contributed by atoms with Crippen molar-refractivity contribution < 1.29 is 27.5 Å². The number of fused-ring (bicyclic) bond motifs is 1. The van der Waals surface area contributed by atoms with Crippen LogP contribution in [-0.2, 0) is 24.3 Å². The van der Waals surface area contributed by atoms with Gasteiger partial charge >= 0.3 is 5.97 Å². The Morgan fingerprint density at radius 2 is 1.79 bits per heavy atom. The van der Waals surface area contributed by atoms with E-state index in [9.17, 15) is 23.3 Å². The molecule has 4 rings (SSSR count). The molecule has 9 nitrogen and oxygen atoms in total. The van der Waals surface area contributed by atoms with Gasteiger partial charge in [-0.15, -0.1) is 0 Å². The topological polar surface area (TPSA) is 117 Å². The van der Waals surface area contributed by atoms with E-state index in [0.29, 0.717) is 18.2 Å². The van der Waals surface area contributed by atoms with Crippen LogP contribution in [0.2, 0.25) is 0 Å². The molecule has 0 aromatic heterocycles. The first-order valence-corrected chi connectivity index (χ1v) is 12.6. The second-order valence-corrected chi connectivity index (χ2v) is 10.4. The van der Waals surface area contributed by atoms with Gasteiger partial charge in [0.1, 0.15) is 16.7 Å². The summed E-state index contributed by atoms with van der Waals surface area (Å²) >= 11 is 1.30. The molecule has 0 radical (unpaired) electrons. The Balaban J connectivity index is 1.41. The summed E-state index contributed by atoms with van der Waals surface area (Å²) < 4.78 is 37.0. The Kier molecular flexibility index (Phi) is 7.04. The number of anilines is 1. The van der Waals surface area contributed by atoms with Gasteiger partial charge in [-0.25, -0.2) is 13.2 Å². The third-order valence-corrected chi connectivity index (χ3v) is 8.52. The van der Waals surface area contributed by atoms with E-state index in [1.165, 1.54) is 40.3 Å². The lowest BCUT2D eigenvalue weighted by molar-refractivity contribution is -0.118. The van der Waals surface area contributed by atoms with Crippen molar-refractivity contribution in [2.24, 2.45) is 0 Å². The minimum Gasteiger partial charge on any atom is -0.454 e. The summed E-state index contributed by atoms with van der Waals surface area (Å²) in [4.78, 5) is 27.8. The SMILES string of the molecule is CN1/C(=C(\C#N)C(=O)COC(=O)c2ccc(S(=O)(=O)N3CCOCC3)cc2)Sc2ccccc21. The van der Waals surface area contributed by atoms with Crippen LogP contribution in [0.3, 0.4) is 0 Å². The number of hydrogen-bond acceptors (Lipinski definition) is 9. The number of benzene rings is 2. The van der Waals surface area contributed by atoms with Crippen LogP contribution in [0, 0.1) is 11.3 Å². The van der Waals surface area contributed by atoms with Crippen molar-refractivity contribution in [3.05, 3.63) is 64.7 Å². The monoisotopic (exact) mass is 499 g/mol. The lowest BCUT2D eigenvalue weighted by Crippen LogP contribution is -2.40. The largest absolute Gasteiger partial charge is 0.454 e. The molecule has 0 amide bonds. The van der Waals surface area contributed by atoms with Crippen molar-refractivity contribution in [2.75, 3.05) is 44.9 Å². The quantitative estimate of drug-likeness (QED) is 0.335. The summed E-state index contributed by atoms with van der Waals surface area (Å²) in [7, 11) is -1.92. The van der Waals surface area contributed by atoms with E-state index in [1.54, 1.807) is 11.9 Å². The molecule has 34 heavy (non-hydrogen) atoms. The van der Waals surface area contributed by atoms with E-state index < -0.39 is 28.4 Å². The molecule has 2 aromatic rings. The van der Waals surface area contributed by atoms with Gasteiger partial charge in [0.25, 0.3) is 0 Å². The van der Waals surface area contributed by atoms with Crippen molar-refractivity contribution in [1.29, 1.82) is 5.26 Å². The molecule has 2 aliphatic rings. The molecule has 0 aliphatic carbocycles. The maximum atomic E-state index is 12.7. The number of ether oxygens (including phenoxy) is 2. The Bertz CT molecular complexity index is 1290. The number of Topliss-reactive ketones (excluding diaryl/α,β-unsaturated/α-hetero) is 1. The van der Waals surface area contributed by atoms with Crippen LogP contribution < -0.4 is 4.90 Å². The fraction of sp³-hybridized carbons (Fsp3) is 0.261. The van der Waals surface area contributed by atoms with E-state index in [0.717, 1.165) is 10.6 Å². The van der Waals surface area contributed by atoms with Crippen LogP contribution in [0.5, 0.6) is 0 Å². The highest BCUT2D eigenvalue weighted by molar-refractivity contribution is 8.03. The first-order chi connectivity index (χ1) is 16.3. The molecule has 0 bridgehead atoms. The standard InChI is InChI=1S/C23H21N3O6S2/c1-25-19-4-2-3-5-21(19)33-22(25)18(14-24)20(27)15-32-23(28)16-6-8-17(9-7-16)34(29,30)26-10-12-31-13-11-26/h2-9H,10-13,15H2,1H3/b22-18-. The number of morpholine rings is 1. The Morgan fingerprint density at radius 3 is 2.44 bits per heavy atom. The van der Waals surface area contributed by atoms with Crippen LogP contribution in [0.1, 0.15) is 10.4 Å². The number of esters is 1. The summed E-state index contributed by atoms with van der Waals surface area (Å²) in [6, 6.07) is 14.8. The Morgan fingerprint density at radius 1 is 1.12 bits per heavy atom. The highest BCUT2D eigenvalue weighted by atomic mass is 32.2. The number of nitrogens with zero attached hydrogens (tertiary/aromatic N) is 3. The normalized spacial score (nSPS) is 17.6. The average molecular weight is 500 g/mol. The summed E-state index contributed by atoms with van der Waals surface area (Å²) in [5.41, 5.74) is 0.885. The molecule has 2 aromatic carbocycles. The molecule has 0 spiro atoms. The minimum absolute atomic E-state index is 0.0550. The number of carbonyl (C=O) groups excluding carboxylic acids is 2. The van der Waals surface area contributed by atoms with Gasteiger partial charge in [-0.2, -0.15) is 9.57 Å². The minimum atomic E-state index is -3.68. The predicted molar refractivity (Wildman–Crippen MR) is 125 cm³/mol. The van der Waals surface area contributed by atoms with Crippen LogP contribution in [0.15, 0.2) is 68.9 Å². The smallest absolute Gasteiger partial charge is 0.338 e. The highest BCUT2D eigenvalue weighted by Crippen LogP contribution is 2.46. The number of nitriles is 1. The number of rotatable bonds is 6. The molecule has 0 unspecified atom stereocenters. The first-order valence-electron chi connectivity index (χ1n) is 10.4. The van der Waals surface area contributed by atoms with Gasteiger partial charge in [0.15, 0.2) is 6.61 Å². The Hall–Kier alpha value is -3.17. The van der Waals surface area contributed by atoms with Crippen LogP contribution in [-0.4, -0.2) is 64.4 Å². The van der Waals surface area contributed by atoms with Gasteiger partial charge in [-0.3, -0.25) is 4.79 Å². The number of sulfonamides is 1. The van der Waals surface area contributed by atoms with Gasteiger partial charge in [-0.1, -0.05) is 23.9 Å². The van der Waals surface area contributed by atoms with Crippen molar-refractivity contribution >= 4 is 39.2 Å². The number of thioether (sulfide) groups is 1. The van der Waals surface area contributed by atoms with E-state index in [1.807, 2.05) is 30.3 Å². The lowest BCUT2D eigenvalue weighted by Gasteiger charge is -2.26. The molecule has 2 heterocycles. The fourth-order valence-corrected chi connectivity index (χ4v) is 6.11. The number of hydrogen-bond donors (Lipinski definition) is 0. The molecule has 0 atom stereocenters. The maximum Gasteiger partial charge on any atom is 0.338 e. The van der Waals surface area contributed by atoms with E-state index in [4.69, 9.17) is 9.47 Å². The number of para-hydroxylation sites is 1. The van der Waals surface area contributed by atoms with Crippen LogP contribution >= 0.6 is 11.8 Å². The molecular weight excluding hydrogens is 478 g/mol. The van der Waals surface area contributed by atoms with E-state index >= 15 is 0 Å². The fourth-order valence-electron chi connectivity index (χ4n) is 3.54. The van der Waals surface area contributed by atoms with Gasteiger partial charge in [0, 0.05) is 25.0 Å². The molecular formula is C23H21N3O6S2. The van der Waals surface area contributed by atoms with Crippen molar-refractivity contribution in [3.8, 4) is 6.07 Å². The van der Waals surface area contributed by atoms with Gasteiger partial charge in [0.05, 0.1) is 29.4 Å². The van der Waals surface area contributed by atoms with Crippen molar-refractivity contribution in [2.45, 2.75) is 9.79 Å². The predicted octanol–water partition coefficient (Wildman–Crippen LogP) is 2.41. The second kappa shape index (κ2) is 9.99. The zero-order valence-electron chi connectivity index (χ0n) is 18.3. The van der Waals surface area contributed by atoms with E-state index in [-0.39, 0.29) is 29.1 Å². The molecule has 176 valence electrons. The molecule has 0 N–H and O–H groups in total. The highest BCUT2D eigenvalue weighted by Gasteiger charge is 2.29. The average Bonchev–Trinajstić information content (AvgIpc) is 3.19. The zero-order chi connectivity index (χ0) is 24.3. The molecule has 11 heteroatoms. The zero-order valence-corrected chi connectivity index (χ0v) is 19.9. The first kappa shape index (κ1) is 24.0. The molecule has 2 aliphatic heterocycles. The summed E-state index contributed by atoms with van der Waals surface area (Å²) in [6.07, 6.45) is 0. The van der Waals surface area contributed by atoms with Gasteiger partial charge < -0.3 is 14.4 Å². The number of carbonyl (C=O) groups is 2. The van der Waals surface area contributed by atoms with Crippen LogP contribution in [0.4, 0.5) is 5.69 Å². The third-order valence-electron chi connectivity index (χ3n) is 5.37. The lowest BCUT2D eigenvalue weighted by atomic mass is 10.2. The van der Waals surface area contributed by atoms with Gasteiger partial charge in [-0.05, 0) is 36.4 Å².